The Balaban J connectivity index is 1.19. The number of anilines is 3. The van der Waals surface area contributed by atoms with Crippen molar-refractivity contribution >= 4 is 63.1 Å². The Morgan fingerprint density at radius 1 is 1.06 bits per heavy atom. The molecule has 0 spiro atoms. The number of para-hydroxylation sites is 2. The van der Waals surface area contributed by atoms with Crippen molar-refractivity contribution in [1.82, 2.24) is 9.47 Å². The standard InChI is InChI=1S/C36H37Cl2FN4O6/c1-19-17-41(33-30(39)20(2)28-32(35(33)48-4)43(23-12-13-23)21(3)29(34(28)45)36(46)47)14-15-42(19)18-49-27(44)16-22-8-5-6-11-26(22)40-31-24(37)9-7-10-25(31)38/h5-11,19,23,40H,12-18H2,1-4H3,(H,46,47). The molecule has 4 aromatic rings. The Morgan fingerprint density at radius 3 is 2.39 bits per heavy atom. The molecule has 2 N–H and O–H groups in total. The number of aryl methyl sites for hydroxylation is 1. The van der Waals surface area contributed by atoms with Gasteiger partial charge in [-0.3, -0.25) is 14.5 Å². The maximum absolute atomic E-state index is 16.3. The number of aromatic nitrogens is 1. The average molecular weight is 712 g/mol. The minimum absolute atomic E-state index is 0.00467. The Labute approximate surface area is 292 Å². The average Bonchev–Trinajstić information content (AvgIpc) is 3.89. The summed E-state index contributed by atoms with van der Waals surface area (Å²) in [6.07, 6.45) is 1.65. The smallest absolute Gasteiger partial charge is 0.341 e. The SMILES string of the molecule is COc1c(N2CCN(COC(=O)Cc3ccccc3Nc3c(Cl)cccc3Cl)C(C)C2)c(F)c(C)c2c(=O)c(C(=O)O)c(C)n(C3CC3)c12. The number of fused-ring (bicyclic) bond motifs is 1. The maximum atomic E-state index is 16.3. The van der Waals surface area contributed by atoms with E-state index in [1.807, 2.05) is 45.6 Å². The third-order valence-corrected chi connectivity index (χ3v) is 10.0. The highest BCUT2D eigenvalue weighted by atomic mass is 35.5. The summed E-state index contributed by atoms with van der Waals surface area (Å²) in [5, 5.41) is 14.0. The Morgan fingerprint density at radius 2 is 1.76 bits per heavy atom. The second-order valence-corrected chi connectivity index (χ2v) is 13.4. The van der Waals surface area contributed by atoms with E-state index in [0.29, 0.717) is 57.8 Å². The summed E-state index contributed by atoms with van der Waals surface area (Å²) in [5.74, 6) is -2.17. The predicted octanol–water partition coefficient (Wildman–Crippen LogP) is 7.10. The first-order valence-electron chi connectivity index (χ1n) is 16.0. The van der Waals surface area contributed by atoms with E-state index >= 15 is 4.39 Å². The van der Waals surface area contributed by atoms with Crippen LogP contribution in [0.5, 0.6) is 5.75 Å². The van der Waals surface area contributed by atoms with Crippen LogP contribution in [0.25, 0.3) is 10.9 Å². The molecule has 258 valence electrons. The van der Waals surface area contributed by atoms with Crippen LogP contribution in [0.2, 0.25) is 10.0 Å². The van der Waals surface area contributed by atoms with Crippen molar-refractivity contribution < 1.29 is 28.6 Å². The van der Waals surface area contributed by atoms with Crippen LogP contribution in [0.1, 0.15) is 53.0 Å². The number of piperazine rings is 1. The van der Waals surface area contributed by atoms with Crippen LogP contribution in [0, 0.1) is 19.7 Å². The van der Waals surface area contributed by atoms with Gasteiger partial charge in [-0.15, -0.1) is 0 Å². The van der Waals surface area contributed by atoms with Crippen molar-refractivity contribution in [3.63, 3.8) is 0 Å². The Bertz CT molecular complexity index is 2010. The Kier molecular flexibility index (Phi) is 9.79. The number of hydrogen-bond donors (Lipinski definition) is 2. The summed E-state index contributed by atoms with van der Waals surface area (Å²) >= 11 is 12.7. The monoisotopic (exact) mass is 710 g/mol. The summed E-state index contributed by atoms with van der Waals surface area (Å²) in [7, 11) is 1.44. The van der Waals surface area contributed by atoms with Gasteiger partial charge in [0.05, 0.1) is 40.2 Å². The first-order valence-corrected chi connectivity index (χ1v) is 16.8. The van der Waals surface area contributed by atoms with Crippen LogP contribution < -0.4 is 20.4 Å². The number of carboxylic acids is 1. The van der Waals surface area contributed by atoms with E-state index < -0.39 is 23.2 Å². The lowest BCUT2D eigenvalue weighted by molar-refractivity contribution is -0.148. The van der Waals surface area contributed by atoms with Gasteiger partial charge in [0.15, 0.2) is 11.6 Å². The van der Waals surface area contributed by atoms with E-state index in [4.69, 9.17) is 32.7 Å². The zero-order valence-electron chi connectivity index (χ0n) is 27.6. The minimum Gasteiger partial charge on any atom is -0.492 e. The fourth-order valence-electron chi connectivity index (χ4n) is 6.69. The second-order valence-electron chi connectivity index (χ2n) is 12.5. The molecule has 1 unspecified atom stereocenters. The van der Waals surface area contributed by atoms with Gasteiger partial charge in [0.25, 0.3) is 0 Å². The highest BCUT2D eigenvalue weighted by molar-refractivity contribution is 6.39. The number of ether oxygens (including phenoxy) is 2. The van der Waals surface area contributed by atoms with Crippen molar-refractivity contribution in [1.29, 1.82) is 0 Å². The largest absolute Gasteiger partial charge is 0.492 e. The molecule has 0 amide bonds. The number of carboxylic acid groups (broad SMARTS) is 1. The molecule has 6 rings (SSSR count). The molecular weight excluding hydrogens is 674 g/mol. The first-order chi connectivity index (χ1) is 23.4. The number of nitrogens with one attached hydrogen (secondary N) is 1. The molecule has 0 bridgehead atoms. The minimum atomic E-state index is -1.34. The van der Waals surface area contributed by atoms with E-state index in [-0.39, 0.29) is 53.2 Å². The molecule has 1 aliphatic carbocycles. The van der Waals surface area contributed by atoms with Crippen LogP contribution in [0.3, 0.4) is 0 Å². The number of methoxy groups -OCH3 is 1. The molecule has 49 heavy (non-hydrogen) atoms. The molecule has 2 fully saturated rings. The highest BCUT2D eigenvalue weighted by Crippen LogP contribution is 2.46. The molecular formula is C36H37Cl2FN4O6. The topological polar surface area (TPSA) is 113 Å². The van der Waals surface area contributed by atoms with Crippen LogP contribution in [-0.4, -0.2) is 66.0 Å². The summed E-state index contributed by atoms with van der Waals surface area (Å²) in [6, 6.07) is 12.4. The lowest BCUT2D eigenvalue weighted by atomic mass is 9.99. The molecule has 0 radical (unpaired) electrons. The van der Waals surface area contributed by atoms with Gasteiger partial charge in [-0.05, 0) is 57.4 Å². The summed E-state index contributed by atoms with van der Waals surface area (Å²) < 4.78 is 29.7. The zero-order valence-corrected chi connectivity index (χ0v) is 29.1. The van der Waals surface area contributed by atoms with Gasteiger partial charge in [-0.2, -0.15) is 0 Å². The van der Waals surface area contributed by atoms with Gasteiger partial charge in [0, 0.05) is 48.7 Å². The summed E-state index contributed by atoms with van der Waals surface area (Å²) in [5.41, 5.74) is 1.94. The van der Waals surface area contributed by atoms with Crippen LogP contribution in [-0.2, 0) is 16.0 Å². The van der Waals surface area contributed by atoms with Crippen molar-refractivity contribution in [2.24, 2.45) is 0 Å². The van der Waals surface area contributed by atoms with Gasteiger partial charge in [0.2, 0.25) is 5.43 Å². The number of carbonyl (C=O) groups excluding carboxylic acids is 1. The number of pyridine rings is 1. The normalized spacial score (nSPS) is 16.6. The second kappa shape index (κ2) is 13.9. The lowest BCUT2D eigenvalue weighted by Gasteiger charge is -2.41. The predicted molar refractivity (Wildman–Crippen MR) is 189 cm³/mol. The van der Waals surface area contributed by atoms with Crippen LogP contribution in [0.4, 0.5) is 21.5 Å². The third-order valence-electron chi connectivity index (χ3n) is 9.37. The van der Waals surface area contributed by atoms with E-state index in [1.54, 1.807) is 25.1 Å². The summed E-state index contributed by atoms with van der Waals surface area (Å²) in [4.78, 5) is 42.5. The molecule has 1 saturated carbocycles. The van der Waals surface area contributed by atoms with Gasteiger partial charge in [-0.1, -0.05) is 47.5 Å². The maximum Gasteiger partial charge on any atom is 0.341 e. The van der Waals surface area contributed by atoms with Crippen LogP contribution in [0.15, 0.2) is 47.3 Å². The number of esters is 1. The number of rotatable bonds is 10. The third kappa shape index (κ3) is 6.54. The molecule has 3 aromatic carbocycles. The lowest BCUT2D eigenvalue weighted by Crippen LogP contribution is -2.53. The fraction of sp³-hybridized carbons (Fsp3) is 0.361. The van der Waals surface area contributed by atoms with Crippen molar-refractivity contribution in [3.8, 4) is 5.75 Å². The number of aromatic carboxylic acids is 1. The number of nitrogens with zero attached hydrogens (tertiary/aromatic N) is 3. The first kappa shape index (κ1) is 34.5. The molecule has 2 heterocycles. The van der Waals surface area contributed by atoms with E-state index in [9.17, 15) is 19.5 Å². The van der Waals surface area contributed by atoms with Gasteiger partial charge >= 0.3 is 11.9 Å². The Hall–Kier alpha value is -4.32. The highest BCUT2D eigenvalue weighted by Gasteiger charge is 2.36. The molecule has 10 nitrogen and oxygen atoms in total. The molecule has 13 heteroatoms. The molecule has 2 aliphatic rings. The molecule has 1 saturated heterocycles. The van der Waals surface area contributed by atoms with Crippen molar-refractivity contribution in [2.75, 3.05) is 43.7 Å². The quantitative estimate of drug-likeness (QED) is 0.166. The number of carbonyl (C=O) groups is 2. The molecule has 1 atom stereocenters. The molecule has 1 aromatic heterocycles. The number of hydrogen-bond acceptors (Lipinski definition) is 8. The molecule has 1 aliphatic heterocycles. The van der Waals surface area contributed by atoms with Gasteiger partial charge < -0.3 is 29.4 Å². The van der Waals surface area contributed by atoms with Crippen molar-refractivity contribution in [2.45, 2.75) is 52.1 Å². The number of benzene rings is 3. The van der Waals surface area contributed by atoms with Gasteiger partial charge in [-0.25, -0.2) is 9.18 Å². The van der Waals surface area contributed by atoms with Crippen LogP contribution >= 0.6 is 23.2 Å². The zero-order chi connectivity index (χ0) is 35.1. The summed E-state index contributed by atoms with van der Waals surface area (Å²) in [6.45, 7) is 6.39. The van der Waals surface area contributed by atoms with E-state index in [2.05, 4.69) is 5.32 Å². The van der Waals surface area contributed by atoms with E-state index in [1.165, 1.54) is 14.0 Å². The fourth-order valence-corrected chi connectivity index (χ4v) is 7.18. The van der Waals surface area contributed by atoms with E-state index in [0.717, 1.165) is 12.8 Å². The van der Waals surface area contributed by atoms with Crippen molar-refractivity contribution in [3.05, 3.63) is 90.9 Å². The van der Waals surface area contributed by atoms with Gasteiger partial charge in [0.1, 0.15) is 18.0 Å². The number of halogens is 3.